The van der Waals surface area contributed by atoms with E-state index in [0.29, 0.717) is 10.8 Å². The van der Waals surface area contributed by atoms with Crippen LogP contribution in [0.2, 0.25) is 0 Å². The van der Waals surface area contributed by atoms with Gasteiger partial charge in [-0.1, -0.05) is 6.07 Å². The highest BCUT2D eigenvalue weighted by atomic mass is 32.2. The van der Waals surface area contributed by atoms with Gasteiger partial charge in [0.2, 0.25) is 9.84 Å². The predicted octanol–water partition coefficient (Wildman–Crippen LogP) is 1.65. The smallest absolute Gasteiger partial charge is 0.251 e. The van der Waals surface area contributed by atoms with Crippen molar-refractivity contribution in [2.45, 2.75) is 20.5 Å². The van der Waals surface area contributed by atoms with Crippen molar-refractivity contribution in [2.75, 3.05) is 19.4 Å². The molecule has 0 radical (unpaired) electrons. The molecule has 0 spiro atoms. The summed E-state index contributed by atoms with van der Waals surface area (Å²) in [5.41, 5.74) is 5.58. The van der Waals surface area contributed by atoms with Gasteiger partial charge in [-0.25, -0.2) is 21.8 Å². The number of nitrogens with one attached hydrogen (secondary N) is 1. The molecule has 2 aromatic carbocycles. The van der Waals surface area contributed by atoms with Crippen LogP contribution in [-0.2, 0) is 26.2 Å². The minimum absolute atomic E-state index is 0.0288. The monoisotopic (exact) mass is 495 g/mol. The number of benzene rings is 2. The first-order valence-electron chi connectivity index (χ1n) is 9.32. The normalized spacial score (nSPS) is 11.8. The number of hydrogen-bond donors (Lipinski definition) is 2. The fraction of sp³-hybridized carbons (Fsp3) is 0.200. The second-order valence-electron chi connectivity index (χ2n) is 6.56. The second kappa shape index (κ2) is 9.77. The number of carbonyl (C=O) groups excluding carboxylic acids is 1. The highest BCUT2D eigenvalue weighted by molar-refractivity contribution is 7.93. The lowest BCUT2D eigenvalue weighted by Crippen LogP contribution is -2.29. The van der Waals surface area contributed by atoms with Crippen LogP contribution in [0.3, 0.4) is 0 Å². The van der Waals surface area contributed by atoms with E-state index in [9.17, 15) is 21.6 Å². The lowest BCUT2D eigenvalue weighted by molar-refractivity contribution is 0.0956. The molecule has 0 saturated heterocycles. The van der Waals surface area contributed by atoms with E-state index >= 15 is 0 Å². The number of sulfone groups is 2. The van der Waals surface area contributed by atoms with Crippen molar-refractivity contribution in [3.63, 3.8) is 0 Å². The third kappa shape index (κ3) is 5.33. The number of nitrogens with two attached hydrogens (primary N) is 1. The number of hydrogen-bond acceptors (Lipinski definition) is 9. The maximum absolute atomic E-state index is 12.8. The standard InChI is InChI=1S/C20H21N3O6S3/c1-29-15-5-7-16(8-6-15)31(25,26)10-9-22-20(24)14-3-2-4-17(11-14)32(27,28)19-13-23-18(12-21)30-19/h2-8,11,13H,9-10,12,21H2,1H3,(H,22,24). The molecule has 32 heavy (non-hydrogen) atoms. The van der Waals surface area contributed by atoms with Crippen molar-refractivity contribution in [3.05, 3.63) is 65.3 Å². The van der Waals surface area contributed by atoms with Crippen LogP contribution in [0.4, 0.5) is 0 Å². The average molecular weight is 496 g/mol. The third-order valence-electron chi connectivity index (χ3n) is 4.45. The number of thiazole rings is 1. The molecule has 0 aliphatic heterocycles. The molecule has 0 bridgehead atoms. The quantitative estimate of drug-likeness (QED) is 0.456. The zero-order valence-electron chi connectivity index (χ0n) is 17.0. The van der Waals surface area contributed by atoms with E-state index in [1.165, 1.54) is 61.8 Å². The lowest BCUT2D eigenvalue weighted by atomic mass is 10.2. The highest BCUT2D eigenvalue weighted by Crippen LogP contribution is 2.26. The molecule has 9 nitrogen and oxygen atoms in total. The Morgan fingerprint density at radius 3 is 2.44 bits per heavy atom. The van der Waals surface area contributed by atoms with Gasteiger partial charge in [0.1, 0.15) is 15.0 Å². The molecule has 0 aliphatic rings. The zero-order valence-corrected chi connectivity index (χ0v) is 19.5. The van der Waals surface area contributed by atoms with Crippen molar-refractivity contribution >= 4 is 36.9 Å². The molecule has 3 aromatic rings. The largest absolute Gasteiger partial charge is 0.497 e. The first-order valence-corrected chi connectivity index (χ1v) is 13.3. The van der Waals surface area contributed by atoms with Crippen LogP contribution >= 0.6 is 11.3 Å². The van der Waals surface area contributed by atoms with Crippen LogP contribution in [-0.4, -0.2) is 47.1 Å². The SMILES string of the molecule is COc1ccc(S(=O)(=O)CCNC(=O)c2cccc(S(=O)(=O)c3cnc(CN)s3)c2)cc1. The van der Waals surface area contributed by atoms with Gasteiger partial charge in [-0.3, -0.25) is 4.79 Å². The van der Waals surface area contributed by atoms with Crippen LogP contribution in [0.1, 0.15) is 15.4 Å². The van der Waals surface area contributed by atoms with E-state index in [-0.39, 0.29) is 38.4 Å². The molecule has 0 aliphatic carbocycles. The van der Waals surface area contributed by atoms with E-state index in [1.807, 2.05) is 0 Å². The van der Waals surface area contributed by atoms with Crippen molar-refractivity contribution in [1.82, 2.24) is 10.3 Å². The molecule has 0 saturated carbocycles. The number of methoxy groups -OCH3 is 1. The molecule has 0 fully saturated rings. The van der Waals surface area contributed by atoms with Crippen LogP contribution in [0, 0.1) is 0 Å². The van der Waals surface area contributed by atoms with E-state index in [2.05, 4.69) is 10.3 Å². The van der Waals surface area contributed by atoms with Gasteiger partial charge in [0.25, 0.3) is 5.91 Å². The molecule has 1 heterocycles. The summed E-state index contributed by atoms with van der Waals surface area (Å²) in [4.78, 5) is 16.5. The van der Waals surface area contributed by atoms with Crippen molar-refractivity contribution in [3.8, 4) is 5.75 Å². The van der Waals surface area contributed by atoms with Crippen molar-refractivity contribution < 1.29 is 26.4 Å². The van der Waals surface area contributed by atoms with E-state index < -0.39 is 25.6 Å². The number of amides is 1. The minimum Gasteiger partial charge on any atom is -0.497 e. The lowest BCUT2D eigenvalue weighted by Gasteiger charge is -2.08. The number of ether oxygens (including phenoxy) is 1. The average Bonchev–Trinajstić information content (AvgIpc) is 3.29. The molecule has 12 heteroatoms. The summed E-state index contributed by atoms with van der Waals surface area (Å²) in [6.07, 6.45) is 1.24. The van der Waals surface area contributed by atoms with E-state index in [1.54, 1.807) is 0 Å². The topological polar surface area (TPSA) is 146 Å². The summed E-state index contributed by atoms with van der Waals surface area (Å²) in [5.74, 6) is -0.366. The Labute approximate surface area is 190 Å². The molecule has 0 unspecified atom stereocenters. The summed E-state index contributed by atoms with van der Waals surface area (Å²) in [6.45, 7) is -0.0130. The third-order valence-corrected chi connectivity index (χ3v) is 9.42. The molecular weight excluding hydrogens is 474 g/mol. The Morgan fingerprint density at radius 1 is 1.09 bits per heavy atom. The van der Waals surface area contributed by atoms with Crippen LogP contribution < -0.4 is 15.8 Å². The molecule has 1 aromatic heterocycles. The van der Waals surface area contributed by atoms with Crippen molar-refractivity contribution in [2.24, 2.45) is 5.73 Å². The summed E-state index contributed by atoms with van der Waals surface area (Å²) in [5, 5.41) is 3.00. The van der Waals surface area contributed by atoms with Gasteiger partial charge < -0.3 is 15.8 Å². The van der Waals surface area contributed by atoms with E-state index in [0.717, 1.165) is 11.3 Å². The number of rotatable bonds is 9. The minimum atomic E-state index is -3.86. The Hall–Kier alpha value is -2.80. The Kier molecular flexibility index (Phi) is 7.29. The zero-order chi connectivity index (χ0) is 23.4. The molecular formula is C20H21N3O6S3. The summed E-state index contributed by atoms with van der Waals surface area (Å²) < 4.78 is 55.5. The van der Waals surface area contributed by atoms with Crippen LogP contribution in [0.25, 0.3) is 0 Å². The fourth-order valence-electron chi connectivity index (χ4n) is 2.73. The van der Waals surface area contributed by atoms with Gasteiger partial charge in [0.15, 0.2) is 9.84 Å². The summed E-state index contributed by atoms with van der Waals surface area (Å²) >= 11 is 0.966. The Morgan fingerprint density at radius 2 is 1.81 bits per heavy atom. The van der Waals surface area contributed by atoms with E-state index in [4.69, 9.17) is 10.5 Å². The highest BCUT2D eigenvalue weighted by Gasteiger charge is 2.22. The van der Waals surface area contributed by atoms with Crippen LogP contribution in [0.15, 0.2) is 68.7 Å². The van der Waals surface area contributed by atoms with Gasteiger partial charge in [0, 0.05) is 18.7 Å². The maximum atomic E-state index is 12.8. The van der Waals surface area contributed by atoms with Gasteiger partial charge in [-0.15, -0.1) is 11.3 Å². The van der Waals surface area contributed by atoms with Gasteiger partial charge >= 0.3 is 0 Å². The Bertz CT molecular complexity index is 1320. The first kappa shape index (κ1) is 23.9. The molecule has 1 amide bonds. The maximum Gasteiger partial charge on any atom is 0.251 e. The van der Waals surface area contributed by atoms with Gasteiger partial charge in [-0.05, 0) is 42.5 Å². The molecule has 0 atom stereocenters. The number of aromatic nitrogens is 1. The summed E-state index contributed by atoms with van der Waals surface area (Å²) in [7, 11) is -5.99. The molecule has 3 rings (SSSR count). The number of nitrogens with zero attached hydrogens (tertiary/aromatic N) is 1. The molecule has 3 N–H and O–H groups in total. The number of carbonyl (C=O) groups is 1. The predicted molar refractivity (Wildman–Crippen MR) is 119 cm³/mol. The first-order chi connectivity index (χ1) is 15.2. The van der Waals surface area contributed by atoms with Gasteiger partial charge in [-0.2, -0.15) is 0 Å². The second-order valence-corrected chi connectivity index (χ2v) is 12.0. The van der Waals surface area contributed by atoms with Crippen LogP contribution in [0.5, 0.6) is 5.75 Å². The van der Waals surface area contributed by atoms with Crippen molar-refractivity contribution in [1.29, 1.82) is 0 Å². The summed E-state index contributed by atoms with van der Waals surface area (Å²) in [6, 6.07) is 11.4. The van der Waals surface area contributed by atoms with Gasteiger partial charge in [0.05, 0.1) is 28.9 Å². The Balaban J connectivity index is 1.68. The molecule has 170 valence electrons. The fourth-order valence-corrected chi connectivity index (χ4v) is 6.40.